The average Bonchev–Trinajstić information content (AvgIpc) is 2.88. The number of carbonyl (C=O) groups is 1. The van der Waals surface area contributed by atoms with Crippen LogP contribution in [0.4, 0.5) is 26.3 Å². The second-order valence-corrected chi connectivity index (χ2v) is 3.47. The molecule has 0 aliphatic carbocycles. The first kappa shape index (κ1) is 15.0. The van der Waals surface area contributed by atoms with Gasteiger partial charge in [0.15, 0.2) is 6.61 Å². The average molecular weight is 281 g/mol. The van der Waals surface area contributed by atoms with Crippen LogP contribution >= 0.6 is 0 Å². The van der Waals surface area contributed by atoms with Crippen LogP contribution in [0.1, 0.15) is 6.92 Å². The maximum absolute atomic E-state index is 12.4. The van der Waals surface area contributed by atoms with Crippen molar-refractivity contribution >= 4 is 5.97 Å². The molecule has 0 aromatic carbocycles. The lowest BCUT2D eigenvalue weighted by Gasteiger charge is -2.22. The van der Waals surface area contributed by atoms with Gasteiger partial charge in [-0.05, 0) is 6.92 Å². The zero-order valence-electron chi connectivity index (χ0n) is 9.06. The molecule has 1 saturated heterocycles. The summed E-state index contributed by atoms with van der Waals surface area (Å²) in [5, 5.41) is -0.316. The summed E-state index contributed by atoms with van der Waals surface area (Å²) in [4.78, 5) is 14.9. The molecule has 1 heterocycles. The molecule has 1 atom stereocenters. The second kappa shape index (κ2) is 4.57. The number of ether oxygens (including phenoxy) is 1. The summed E-state index contributed by atoms with van der Waals surface area (Å²) in [5.74, 6) is -1.04. The van der Waals surface area contributed by atoms with Gasteiger partial charge in [-0.2, -0.15) is 31.4 Å². The lowest BCUT2D eigenvalue weighted by Crippen LogP contribution is -2.49. The van der Waals surface area contributed by atoms with Gasteiger partial charge in [-0.1, -0.05) is 0 Å². The van der Waals surface area contributed by atoms with Crippen molar-refractivity contribution in [3.63, 3.8) is 0 Å². The Morgan fingerprint density at radius 3 is 2.06 bits per heavy atom. The van der Waals surface area contributed by atoms with Crippen LogP contribution in [0.2, 0.25) is 0 Å². The number of hydroxylamine groups is 2. The van der Waals surface area contributed by atoms with Crippen LogP contribution in [0, 0.1) is 0 Å². The molecule has 10 heteroatoms. The Morgan fingerprint density at radius 2 is 1.72 bits per heavy atom. The number of nitrogens with zero attached hydrogens (tertiary/aromatic N) is 1. The Morgan fingerprint density at radius 1 is 1.22 bits per heavy atom. The summed E-state index contributed by atoms with van der Waals surface area (Å²) in [7, 11) is 0. The Hall–Kier alpha value is -1.03. The van der Waals surface area contributed by atoms with Gasteiger partial charge in [0.05, 0.1) is 13.2 Å². The fourth-order valence-corrected chi connectivity index (χ4v) is 1.28. The van der Waals surface area contributed by atoms with E-state index < -0.39 is 37.0 Å². The molecular weight excluding hydrogens is 272 g/mol. The molecule has 0 amide bonds. The van der Waals surface area contributed by atoms with Gasteiger partial charge in [-0.3, -0.25) is 4.84 Å². The fraction of sp³-hybridized carbons (Fsp3) is 0.875. The number of esters is 1. The van der Waals surface area contributed by atoms with Crippen molar-refractivity contribution in [2.75, 3.05) is 19.8 Å². The van der Waals surface area contributed by atoms with Gasteiger partial charge < -0.3 is 4.74 Å². The standard InChI is InChI=1S/C8H9F6NO3/c1-2-17-5(16)3-18-15-4-6(15,7(9,10)11)8(12,13)14/h2-4H2,1H3. The minimum absolute atomic E-state index is 0.0497. The number of carbonyl (C=O) groups excluding carboxylic acids is 1. The SMILES string of the molecule is CCOC(=O)CON1CC1(C(F)(F)F)C(F)(F)F. The van der Waals surface area contributed by atoms with Crippen molar-refractivity contribution in [2.45, 2.75) is 24.8 Å². The molecule has 4 nitrogen and oxygen atoms in total. The monoisotopic (exact) mass is 281 g/mol. The van der Waals surface area contributed by atoms with Gasteiger partial charge in [0, 0.05) is 0 Å². The number of rotatable bonds is 4. The van der Waals surface area contributed by atoms with Crippen LogP contribution in [0.15, 0.2) is 0 Å². The number of halogens is 6. The van der Waals surface area contributed by atoms with Crippen LogP contribution in [0.3, 0.4) is 0 Å². The predicted octanol–water partition coefficient (Wildman–Crippen LogP) is 1.66. The van der Waals surface area contributed by atoms with Crippen molar-refractivity contribution in [1.29, 1.82) is 0 Å². The third-order valence-electron chi connectivity index (χ3n) is 2.28. The summed E-state index contributed by atoms with van der Waals surface area (Å²) in [6.45, 7) is -1.00. The fourth-order valence-electron chi connectivity index (χ4n) is 1.28. The van der Waals surface area contributed by atoms with E-state index in [9.17, 15) is 31.1 Å². The molecule has 1 aliphatic heterocycles. The lowest BCUT2D eigenvalue weighted by molar-refractivity contribution is -0.306. The van der Waals surface area contributed by atoms with Crippen LogP contribution in [0.25, 0.3) is 0 Å². The van der Waals surface area contributed by atoms with Crippen molar-refractivity contribution in [2.24, 2.45) is 0 Å². The van der Waals surface area contributed by atoms with Gasteiger partial charge in [-0.25, -0.2) is 4.79 Å². The molecule has 0 aromatic rings. The van der Waals surface area contributed by atoms with Crippen molar-refractivity contribution < 1.29 is 40.7 Å². The summed E-state index contributed by atoms with van der Waals surface area (Å²) in [6, 6.07) is 0. The maximum atomic E-state index is 12.4. The Labute approximate surface area is 97.4 Å². The number of alkyl halides is 6. The molecule has 18 heavy (non-hydrogen) atoms. The molecule has 106 valence electrons. The minimum Gasteiger partial charge on any atom is -0.464 e. The summed E-state index contributed by atoms with van der Waals surface area (Å²) in [5.41, 5.74) is -4.02. The van der Waals surface area contributed by atoms with Gasteiger partial charge in [0.25, 0.3) is 5.54 Å². The minimum atomic E-state index is -5.53. The quantitative estimate of drug-likeness (QED) is 0.446. The van der Waals surface area contributed by atoms with Gasteiger partial charge in [0.1, 0.15) is 0 Å². The first-order valence-electron chi connectivity index (χ1n) is 4.76. The molecule has 0 aromatic heterocycles. The third kappa shape index (κ3) is 2.53. The zero-order chi connectivity index (χ0) is 14.2. The molecule has 0 saturated carbocycles. The maximum Gasteiger partial charge on any atom is 0.419 e. The van der Waals surface area contributed by atoms with E-state index in [4.69, 9.17) is 0 Å². The van der Waals surface area contributed by atoms with E-state index >= 15 is 0 Å². The van der Waals surface area contributed by atoms with Gasteiger partial charge in [-0.15, -0.1) is 0 Å². The molecule has 0 spiro atoms. The van der Waals surface area contributed by atoms with Gasteiger partial charge >= 0.3 is 18.3 Å². The molecule has 1 aliphatic rings. The van der Waals surface area contributed by atoms with E-state index in [0.717, 1.165) is 0 Å². The highest BCUT2D eigenvalue weighted by Crippen LogP contribution is 2.56. The Bertz CT molecular complexity index is 312. The molecule has 1 unspecified atom stereocenters. The molecular formula is C8H9F6NO3. The molecule has 0 radical (unpaired) electrons. The smallest absolute Gasteiger partial charge is 0.419 e. The Kier molecular flexibility index (Phi) is 3.82. The van der Waals surface area contributed by atoms with E-state index in [1.54, 1.807) is 0 Å². The highest BCUT2D eigenvalue weighted by Gasteiger charge is 2.84. The van der Waals surface area contributed by atoms with Crippen molar-refractivity contribution in [3.8, 4) is 0 Å². The zero-order valence-corrected chi connectivity index (χ0v) is 9.06. The van der Waals surface area contributed by atoms with Crippen LogP contribution in [-0.4, -0.2) is 48.7 Å². The highest BCUT2D eigenvalue weighted by molar-refractivity contribution is 5.70. The molecule has 1 rings (SSSR count). The largest absolute Gasteiger partial charge is 0.464 e. The lowest BCUT2D eigenvalue weighted by atomic mass is 10.1. The van der Waals surface area contributed by atoms with E-state index in [0.29, 0.717) is 0 Å². The highest BCUT2D eigenvalue weighted by atomic mass is 19.4. The predicted molar refractivity (Wildman–Crippen MR) is 44.1 cm³/mol. The van der Waals surface area contributed by atoms with E-state index in [2.05, 4.69) is 9.57 Å². The van der Waals surface area contributed by atoms with Crippen LogP contribution in [-0.2, 0) is 14.4 Å². The summed E-state index contributed by atoms with van der Waals surface area (Å²) >= 11 is 0. The molecule has 1 fully saturated rings. The summed E-state index contributed by atoms with van der Waals surface area (Å²) in [6.07, 6.45) is -11.1. The van der Waals surface area contributed by atoms with Crippen LogP contribution in [0.5, 0.6) is 0 Å². The Balaban J connectivity index is 2.64. The molecule has 0 N–H and O–H groups in total. The second-order valence-electron chi connectivity index (χ2n) is 3.47. The third-order valence-corrected chi connectivity index (χ3v) is 2.28. The number of hydrogen-bond acceptors (Lipinski definition) is 4. The first-order chi connectivity index (χ1) is 8.06. The van der Waals surface area contributed by atoms with Crippen molar-refractivity contribution in [1.82, 2.24) is 5.06 Å². The normalized spacial score (nSPS) is 22.7. The van der Waals surface area contributed by atoms with Crippen molar-refractivity contribution in [3.05, 3.63) is 0 Å². The van der Waals surface area contributed by atoms with Crippen LogP contribution < -0.4 is 0 Å². The number of hydrogen-bond donors (Lipinski definition) is 0. The summed E-state index contributed by atoms with van der Waals surface area (Å²) < 4.78 is 78.4. The molecule has 0 bridgehead atoms. The first-order valence-corrected chi connectivity index (χ1v) is 4.76. The topological polar surface area (TPSA) is 38.5 Å². The van der Waals surface area contributed by atoms with Gasteiger partial charge in [0.2, 0.25) is 0 Å². The van der Waals surface area contributed by atoms with E-state index in [1.165, 1.54) is 6.92 Å². The van der Waals surface area contributed by atoms with E-state index in [-0.39, 0.29) is 11.7 Å². The van der Waals surface area contributed by atoms with E-state index in [1.807, 2.05) is 0 Å².